The standard InChI is InChI=1S/C14H21N5O/c1-9-13-11(18-14(15)17-9)3-2-4-12(13)19-20-10-5-7-16-8-6-10/h10,16H,2-8H2,1H3,(H2,15,17,18). The summed E-state index contributed by atoms with van der Waals surface area (Å²) in [5.74, 6) is 0.349. The van der Waals surface area contributed by atoms with E-state index >= 15 is 0 Å². The first-order valence-corrected chi connectivity index (χ1v) is 7.31. The highest BCUT2D eigenvalue weighted by Gasteiger charge is 2.22. The first kappa shape index (κ1) is 13.3. The fourth-order valence-electron chi connectivity index (χ4n) is 2.89. The molecule has 1 aromatic heterocycles. The number of nitrogens with zero attached hydrogens (tertiary/aromatic N) is 3. The topological polar surface area (TPSA) is 85.4 Å². The average molecular weight is 275 g/mol. The van der Waals surface area contributed by atoms with Crippen LogP contribution < -0.4 is 11.1 Å². The maximum absolute atomic E-state index is 5.73. The lowest BCUT2D eigenvalue weighted by Crippen LogP contribution is -2.32. The second-order valence-electron chi connectivity index (χ2n) is 5.44. The van der Waals surface area contributed by atoms with Crippen molar-refractivity contribution in [2.45, 2.75) is 45.1 Å². The van der Waals surface area contributed by atoms with Crippen molar-refractivity contribution in [3.63, 3.8) is 0 Å². The molecule has 20 heavy (non-hydrogen) atoms. The molecule has 0 amide bonds. The number of hydrogen-bond acceptors (Lipinski definition) is 6. The molecule has 1 aliphatic carbocycles. The van der Waals surface area contributed by atoms with Crippen molar-refractivity contribution in [2.24, 2.45) is 5.16 Å². The van der Waals surface area contributed by atoms with Gasteiger partial charge < -0.3 is 15.9 Å². The van der Waals surface area contributed by atoms with E-state index in [9.17, 15) is 0 Å². The van der Waals surface area contributed by atoms with Gasteiger partial charge in [-0.15, -0.1) is 0 Å². The van der Waals surface area contributed by atoms with Crippen LogP contribution in [0.4, 0.5) is 5.95 Å². The Hall–Kier alpha value is -1.69. The third kappa shape index (κ3) is 2.75. The van der Waals surface area contributed by atoms with Crippen molar-refractivity contribution in [1.82, 2.24) is 15.3 Å². The quantitative estimate of drug-likeness (QED) is 0.792. The Kier molecular flexibility index (Phi) is 3.82. The van der Waals surface area contributed by atoms with Crippen LogP contribution in [0, 0.1) is 6.92 Å². The van der Waals surface area contributed by atoms with Crippen molar-refractivity contribution in [2.75, 3.05) is 18.8 Å². The molecule has 1 fully saturated rings. The molecule has 2 heterocycles. The Morgan fingerprint density at radius 3 is 2.85 bits per heavy atom. The number of aromatic nitrogens is 2. The first-order chi connectivity index (χ1) is 9.74. The number of rotatable bonds is 2. The summed E-state index contributed by atoms with van der Waals surface area (Å²) in [6.07, 6.45) is 5.16. The number of fused-ring (bicyclic) bond motifs is 1. The van der Waals surface area contributed by atoms with Crippen LogP contribution in [0.5, 0.6) is 0 Å². The number of hydrogen-bond donors (Lipinski definition) is 2. The largest absolute Gasteiger partial charge is 0.392 e. The van der Waals surface area contributed by atoms with E-state index in [1.807, 2.05) is 6.92 Å². The number of anilines is 1. The lowest BCUT2D eigenvalue weighted by atomic mass is 9.93. The molecule has 1 aliphatic heterocycles. The van der Waals surface area contributed by atoms with Crippen molar-refractivity contribution in [3.8, 4) is 0 Å². The molecule has 0 unspecified atom stereocenters. The molecule has 0 saturated carbocycles. The summed E-state index contributed by atoms with van der Waals surface area (Å²) in [5, 5.41) is 7.73. The lowest BCUT2D eigenvalue weighted by Gasteiger charge is -2.23. The molecule has 6 nitrogen and oxygen atoms in total. The summed E-state index contributed by atoms with van der Waals surface area (Å²) in [5.41, 5.74) is 9.65. The molecule has 6 heteroatoms. The highest BCUT2D eigenvalue weighted by Crippen LogP contribution is 2.23. The third-order valence-electron chi connectivity index (χ3n) is 3.90. The number of piperidine rings is 1. The minimum absolute atomic E-state index is 0.226. The van der Waals surface area contributed by atoms with E-state index in [0.717, 1.165) is 67.9 Å². The van der Waals surface area contributed by atoms with E-state index < -0.39 is 0 Å². The van der Waals surface area contributed by atoms with Gasteiger partial charge >= 0.3 is 0 Å². The van der Waals surface area contributed by atoms with Gasteiger partial charge in [-0.05, 0) is 52.1 Å². The zero-order valence-corrected chi connectivity index (χ0v) is 11.9. The molecule has 108 valence electrons. The van der Waals surface area contributed by atoms with Crippen LogP contribution in [-0.2, 0) is 11.3 Å². The molecule has 3 N–H and O–H groups in total. The van der Waals surface area contributed by atoms with Gasteiger partial charge in [0.1, 0.15) is 6.10 Å². The van der Waals surface area contributed by atoms with Gasteiger partial charge in [-0.2, -0.15) is 0 Å². The van der Waals surface area contributed by atoms with Gasteiger partial charge in [0.05, 0.1) is 17.1 Å². The van der Waals surface area contributed by atoms with E-state index in [2.05, 4.69) is 20.4 Å². The number of nitrogens with two attached hydrogens (primary N) is 1. The average Bonchev–Trinajstić information content (AvgIpc) is 2.45. The highest BCUT2D eigenvalue weighted by atomic mass is 16.6. The van der Waals surface area contributed by atoms with E-state index in [1.54, 1.807) is 0 Å². The van der Waals surface area contributed by atoms with Crippen LogP contribution in [0.2, 0.25) is 0 Å². The Bertz CT molecular complexity index is 523. The molecule has 1 saturated heterocycles. The summed E-state index contributed by atoms with van der Waals surface area (Å²) in [7, 11) is 0. The maximum Gasteiger partial charge on any atom is 0.220 e. The van der Waals surface area contributed by atoms with Crippen LogP contribution in [0.25, 0.3) is 0 Å². The summed E-state index contributed by atoms with van der Waals surface area (Å²) in [6.45, 7) is 3.97. The molecule has 0 radical (unpaired) electrons. The Morgan fingerprint density at radius 1 is 1.25 bits per heavy atom. The highest BCUT2D eigenvalue weighted by molar-refractivity contribution is 6.02. The molecule has 3 rings (SSSR count). The molecule has 2 aliphatic rings. The van der Waals surface area contributed by atoms with Gasteiger partial charge in [0.25, 0.3) is 0 Å². The van der Waals surface area contributed by atoms with E-state index in [-0.39, 0.29) is 6.10 Å². The Morgan fingerprint density at radius 2 is 2.05 bits per heavy atom. The molecule has 0 bridgehead atoms. The predicted octanol–water partition coefficient (Wildman–Crippen LogP) is 1.18. The van der Waals surface area contributed by atoms with Gasteiger partial charge in [-0.25, -0.2) is 9.97 Å². The maximum atomic E-state index is 5.73. The lowest BCUT2D eigenvalue weighted by molar-refractivity contribution is 0.0373. The monoisotopic (exact) mass is 275 g/mol. The number of aryl methyl sites for hydroxylation is 2. The summed E-state index contributed by atoms with van der Waals surface area (Å²) < 4.78 is 0. The van der Waals surface area contributed by atoms with Crippen molar-refractivity contribution < 1.29 is 4.84 Å². The third-order valence-corrected chi connectivity index (χ3v) is 3.90. The second-order valence-corrected chi connectivity index (χ2v) is 5.44. The first-order valence-electron chi connectivity index (χ1n) is 7.31. The Balaban J connectivity index is 1.82. The number of nitrogen functional groups attached to an aromatic ring is 1. The number of nitrogens with one attached hydrogen (secondary N) is 1. The normalized spacial score (nSPS) is 21.8. The van der Waals surface area contributed by atoms with E-state index in [1.165, 1.54) is 0 Å². The summed E-state index contributed by atoms with van der Waals surface area (Å²) in [6, 6.07) is 0. The van der Waals surface area contributed by atoms with Crippen LogP contribution in [-0.4, -0.2) is 34.9 Å². The fraction of sp³-hybridized carbons (Fsp3) is 0.643. The molecule has 1 aromatic rings. The molecule has 0 atom stereocenters. The van der Waals surface area contributed by atoms with Crippen LogP contribution in [0.1, 0.15) is 42.6 Å². The van der Waals surface area contributed by atoms with Crippen LogP contribution in [0.3, 0.4) is 0 Å². The SMILES string of the molecule is Cc1nc(N)nc2c1C(=NOC1CCNCC1)CCC2. The molecule has 0 spiro atoms. The van der Waals surface area contributed by atoms with Gasteiger partial charge in [0.15, 0.2) is 0 Å². The van der Waals surface area contributed by atoms with E-state index in [0.29, 0.717) is 5.95 Å². The molecule has 0 aromatic carbocycles. The van der Waals surface area contributed by atoms with Crippen molar-refractivity contribution in [3.05, 3.63) is 17.0 Å². The van der Waals surface area contributed by atoms with Crippen LogP contribution in [0.15, 0.2) is 5.16 Å². The predicted molar refractivity (Wildman–Crippen MR) is 77.6 cm³/mol. The van der Waals surface area contributed by atoms with Gasteiger partial charge in [0.2, 0.25) is 5.95 Å². The smallest absolute Gasteiger partial charge is 0.220 e. The minimum atomic E-state index is 0.226. The summed E-state index contributed by atoms with van der Waals surface area (Å²) >= 11 is 0. The zero-order chi connectivity index (χ0) is 13.9. The number of oxime groups is 1. The van der Waals surface area contributed by atoms with Gasteiger partial charge in [0, 0.05) is 5.56 Å². The zero-order valence-electron chi connectivity index (χ0n) is 11.9. The van der Waals surface area contributed by atoms with Crippen molar-refractivity contribution >= 4 is 11.7 Å². The van der Waals surface area contributed by atoms with Crippen molar-refractivity contribution in [1.29, 1.82) is 0 Å². The molecular weight excluding hydrogens is 254 g/mol. The Labute approximate surface area is 118 Å². The minimum Gasteiger partial charge on any atom is -0.392 e. The van der Waals surface area contributed by atoms with Gasteiger partial charge in [-0.1, -0.05) is 5.16 Å². The summed E-state index contributed by atoms with van der Waals surface area (Å²) in [4.78, 5) is 14.3. The fourth-order valence-corrected chi connectivity index (χ4v) is 2.89. The second kappa shape index (κ2) is 5.75. The molecular formula is C14H21N5O. The van der Waals surface area contributed by atoms with Gasteiger partial charge in [-0.3, -0.25) is 0 Å². The van der Waals surface area contributed by atoms with E-state index in [4.69, 9.17) is 10.6 Å². The van der Waals surface area contributed by atoms with Crippen LogP contribution >= 0.6 is 0 Å².